The van der Waals surface area contributed by atoms with Crippen molar-refractivity contribution in [2.24, 2.45) is 13.0 Å². The van der Waals surface area contributed by atoms with Crippen LogP contribution >= 0.6 is 11.8 Å². The van der Waals surface area contributed by atoms with Gasteiger partial charge < -0.3 is 24.5 Å². The lowest BCUT2D eigenvalue weighted by Gasteiger charge is -2.41. The number of hydrogen-bond donors (Lipinski definition) is 3. The van der Waals surface area contributed by atoms with Crippen molar-refractivity contribution in [2.45, 2.75) is 68.0 Å². The molecule has 10 nitrogen and oxygen atoms in total. The summed E-state index contributed by atoms with van der Waals surface area (Å²) in [5, 5.41) is 13.5. The molecule has 7 rings (SSSR count). The van der Waals surface area contributed by atoms with E-state index in [1.54, 1.807) is 42.2 Å². The van der Waals surface area contributed by atoms with Gasteiger partial charge in [-0.1, -0.05) is 127 Å². The van der Waals surface area contributed by atoms with Crippen LogP contribution in [0.5, 0.6) is 0 Å². The first-order valence-electron chi connectivity index (χ1n) is 19.3. The Balaban J connectivity index is 1.08. The predicted octanol–water partition coefficient (Wildman–Crippen LogP) is 7.68. The number of carbonyl (C=O) groups is 1. The number of hydrogen-bond acceptors (Lipinski definition) is 8. The van der Waals surface area contributed by atoms with Gasteiger partial charge in [-0.05, 0) is 71.0 Å². The van der Waals surface area contributed by atoms with Crippen LogP contribution in [0.4, 0.5) is 0 Å². The number of ether oxygens (including phenoxy) is 2. The molecule has 12 heteroatoms. The molecule has 2 heterocycles. The molecule has 1 aliphatic heterocycles. The Kier molecular flexibility index (Phi) is 13.2. The Morgan fingerprint density at radius 3 is 2.26 bits per heavy atom. The van der Waals surface area contributed by atoms with E-state index in [0.717, 1.165) is 49.7 Å². The average Bonchev–Trinajstić information content (AvgIpc) is 3.66. The van der Waals surface area contributed by atoms with Gasteiger partial charge in [-0.2, -0.15) is 4.72 Å². The fourth-order valence-corrected chi connectivity index (χ4v) is 9.30. The Bertz CT molecular complexity index is 2410. The number of imidazole rings is 1. The number of aliphatic hydroxyl groups is 1. The standard InChI is InChI=1S/C46H48N4O6S2/c1-31-15-21-40(22-16-31)58(53,54)49-41(26-33-9-5-4-6-10-33)44(52)48-28-35-11-7-12-37(25-35)38-13-8-14-39(27-38)45-55-42(30-57-46-47-23-24-50(46)3)32(2)43(56-45)36-19-17-34(29-51)18-20-36/h4-25,27,32,41-43,45,49,51H,26,28-30H2,1-3H3,(H,48,52)/t32-,41-,42+,43+,45+/m1/s1. The molecule has 3 N–H and O–H groups in total. The maximum Gasteiger partial charge on any atom is 0.241 e. The predicted molar refractivity (Wildman–Crippen MR) is 226 cm³/mol. The maximum atomic E-state index is 13.7. The first kappa shape index (κ1) is 41.1. The van der Waals surface area contributed by atoms with Crippen LogP contribution in [0.2, 0.25) is 0 Å². The number of rotatable bonds is 15. The molecule has 6 aromatic rings. The number of thioether (sulfide) groups is 1. The molecule has 0 saturated carbocycles. The van der Waals surface area contributed by atoms with Gasteiger partial charge in [0, 0.05) is 43.2 Å². The van der Waals surface area contributed by atoms with Gasteiger partial charge >= 0.3 is 0 Å². The van der Waals surface area contributed by atoms with Crippen molar-refractivity contribution in [1.82, 2.24) is 19.6 Å². The van der Waals surface area contributed by atoms with Crippen molar-refractivity contribution < 1.29 is 27.8 Å². The zero-order valence-corrected chi connectivity index (χ0v) is 34.3. The van der Waals surface area contributed by atoms with Crippen LogP contribution in [0.15, 0.2) is 150 Å². The highest BCUT2D eigenvalue weighted by Gasteiger charge is 2.38. The van der Waals surface area contributed by atoms with Gasteiger partial charge in [0.05, 0.1) is 23.7 Å². The van der Waals surface area contributed by atoms with E-state index in [1.807, 2.05) is 122 Å². The van der Waals surface area contributed by atoms with Crippen molar-refractivity contribution in [3.63, 3.8) is 0 Å². The van der Waals surface area contributed by atoms with E-state index >= 15 is 0 Å². The monoisotopic (exact) mass is 816 g/mol. The highest BCUT2D eigenvalue weighted by Crippen LogP contribution is 2.43. The van der Waals surface area contributed by atoms with E-state index in [9.17, 15) is 18.3 Å². The third-order valence-electron chi connectivity index (χ3n) is 10.4. The largest absolute Gasteiger partial charge is 0.392 e. The van der Waals surface area contributed by atoms with Gasteiger partial charge in [0.25, 0.3) is 0 Å². The topological polar surface area (TPSA) is 132 Å². The maximum absolute atomic E-state index is 13.7. The summed E-state index contributed by atoms with van der Waals surface area (Å²) in [5.41, 5.74) is 7.25. The zero-order chi connectivity index (χ0) is 40.6. The Morgan fingerprint density at radius 1 is 0.845 bits per heavy atom. The van der Waals surface area contributed by atoms with Crippen LogP contribution < -0.4 is 10.0 Å². The van der Waals surface area contributed by atoms with Gasteiger partial charge in [0.15, 0.2) is 11.4 Å². The van der Waals surface area contributed by atoms with E-state index in [0.29, 0.717) is 5.75 Å². The third kappa shape index (κ3) is 10.1. The number of aryl methyl sites for hydroxylation is 2. The van der Waals surface area contributed by atoms with Gasteiger partial charge in [-0.15, -0.1) is 0 Å². The number of aromatic nitrogens is 2. The molecular weight excluding hydrogens is 769 g/mol. The Morgan fingerprint density at radius 2 is 1.55 bits per heavy atom. The van der Waals surface area contributed by atoms with Crippen molar-refractivity contribution in [1.29, 1.82) is 0 Å². The average molecular weight is 817 g/mol. The van der Waals surface area contributed by atoms with E-state index in [4.69, 9.17) is 9.47 Å². The van der Waals surface area contributed by atoms with Crippen molar-refractivity contribution in [2.75, 3.05) is 5.75 Å². The van der Waals surface area contributed by atoms with E-state index in [2.05, 4.69) is 28.0 Å². The summed E-state index contributed by atoms with van der Waals surface area (Å²) in [6, 6.07) is 38.8. The lowest BCUT2D eigenvalue weighted by molar-refractivity contribution is -0.268. The van der Waals surface area contributed by atoms with Gasteiger partial charge in [0.1, 0.15) is 6.04 Å². The molecule has 0 radical (unpaired) electrons. The van der Waals surface area contributed by atoms with Crippen LogP contribution in [0.1, 0.15) is 52.7 Å². The molecule has 1 saturated heterocycles. The molecule has 0 aliphatic carbocycles. The smallest absolute Gasteiger partial charge is 0.241 e. The molecule has 1 aliphatic rings. The summed E-state index contributed by atoms with van der Waals surface area (Å²) in [6.45, 7) is 4.21. The number of benzene rings is 5. The lowest BCUT2D eigenvalue weighted by atomic mass is 9.91. The second kappa shape index (κ2) is 18.7. The number of amides is 1. The van der Waals surface area contributed by atoms with E-state index in [-0.39, 0.29) is 42.6 Å². The first-order chi connectivity index (χ1) is 28.1. The molecule has 5 atom stereocenters. The summed E-state index contributed by atoms with van der Waals surface area (Å²) in [7, 11) is -1.99. The first-order valence-corrected chi connectivity index (χ1v) is 21.7. The highest BCUT2D eigenvalue weighted by molar-refractivity contribution is 7.99. The van der Waals surface area contributed by atoms with E-state index < -0.39 is 28.3 Å². The molecule has 1 amide bonds. The summed E-state index contributed by atoms with van der Waals surface area (Å²) in [6.07, 6.45) is 2.87. The second-order valence-electron chi connectivity index (χ2n) is 14.7. The number of sulfonamides is 1. The second-order valence-corrected chi connectivity index (χ2v) is 17.4. The molecule has 300 valence electrons. The number of nitrogens with one attached hydrogen (secondary N) is 2. The van der Waals surface area contributed by atoms with Gasteiger partial charge in [0.2, 0.25) is 15.9 Å². The zero-order valence-electron chi connectivity index (χ0n) is 32.7. The Hall–Kier alpha value is -5.08. The van der Waals surface area contributed by atoms with E-state index in [1.165, 1.54) is 0 Å². The molecule has 58 heavy (non-hydrogen) atoms. The molecule has 5 aromatic carbocycles. The molecular formula is C46H48N4O6S2. The fraction of sp³-hybridized carbons (Fsp3) is 0.261. The quantitative estimate of drug-likeness (QED) is 0.0901. The van der Waals surface area contributed by atoms with Crippen LogP contribution in [0, 0.1) is 12.8 Å². The summed E-state index contributed by atoms with van der Waals surface area (Å²) in [4.78, 5) is 18.3. The third-order valence-corrected chi connectivity index (χ3v) is 13.0. The van der Waals surface area contributed by atoms with Crippen molar-refractivity contribution in [3.8, 4) is 11.1 Å². The lowest BCUT2D eigenvalue weighted by Crippen LogP contribution is -2.47. The van der Waals surface area contributed by atoms with Crippen LogP contribution in [0.3, 0.4) is 0 Å². The summed E-state index contributed by atoms with van der Waals surface area (Å²) in [5.74, 6) is 0.290. The SMILES string of the molecule is Cc1ccc(S(=O)(=O)N[C@H](Cc2ccccc2)C(=O)NCc2cccc(-c3cccc([C@H]4O[C@@H](CSc5nccn5C)[C@@H](C)[C@@H](c5ccc(CO)cc5)O4)c3)c2)cc1. The molecule has 0 spiro atoms. The minimum Gasteiger partial charge on any atom is -0.392 e. The molecule has 1 fully saturated rings. The molecule has 1 aromatic heterocycles. The van der Waals surface area contributed by atoms with Crippen LogP contribution in [-0.4, -0.2) is 46.9 Å². The summed E-state index contributed by atoms with van der Waals surface area (Å²) < 4.78 is 44.9. The Labute approximate surface area is 344 Å². The normalized spacial score (nSPS) is 18.8. The summed E-state index contributed by atoms with van der Waals surface area (Å²) >= 11 is 1.65. The molecule has 0 unspecified atom stereocenters. The van der Waals surface area contributed by atoms with Crippen molar-refractivity contribution in [3.05, 3.63) is 173 Å². The van der Waals surface area contributed by atoms with Gasteiger partial charge in [-0.3, -0.25) is 4.79 Å². The minimum absolute atomic E-state index is 0.0266. The van der Waals surface area contributed by atoms with Crippen LogP contribution in [0.25, 0.3) is 11.1 Å². The number of nitrogens with zero attached hydrogens (tertiary/aromatic N) is 2. The number of aliphatic hydroxyl groups excluding tert-OH is 1. The molecule has 0 bridgehead atoms. The number of carbonyl (C=O) groups excluding carboxylic acids is 1. The van der Waals surface area contributed by atoms with Crippen molar-refractivity contribution >= 4 is 27.7 Å². The highest BCUT2D eigenvalue weighted by atomic mass is 32.2. The van der Waals surface area contributed by atoms with Gasteiger partial charge in [-0.25, -0.2) is 13.4 Å². The fourth-order valence-electron chi connectivity index (χ4n) is 7.01. The minimum atomic E-state index is -3.97. The van der Waals surface area contributed by atoms with Crippen LogP contribution in [-0.2, 0) is 50.9 Å².